The molecule has 2 unspecified atom stereocenters. The summed E-state index contributed by atoms with van der Waals surface area (Å²) in [5.41, 5.74) is -0.959. The summed E-state index contributed by atoms with van der Waals surface area (Å²) in [6.45, 7) is 1.39. The van der Waals surface area contributed by atoms with Gasteiger partial charge in [-0.05, 0) is 53.9 Å². The number of nitrogens with zero attached hydrogens (tertiary/aromatic N) is 1. The molecule has 0 amide bonds. The summed E-state index contributed by atoms with van der Waals surface area (Å²) in [4.78, 5) is 2.22. The van der Waals surface area contributed by atoms with Crippen molar-refractivity contribution in [2.24, 2.45) is 0 Å². The Hall–Kier alpha value is -3.24. The predicted molar refractivity (Wildman–Crippen MR) is 134 cm³/mol. The van der Waals surface area contributed by atoms with Gasteiger partial charge in [-0.2, -0.15) is 26.3 Å². The fourth-order valence-corrected chi connectivity index (χ4v) is 4.91. The van der Waals surface area contributed by atoms with Crippen LogP contribution in [0.25, 0.3) is 0 Å². The zero-order valence-electron chi connectivity index (χ0n) is 21.5. The van der Waals surface area contributed by atoms with Crippen molar-refractivity contribution in [1.82, 2.24) is 4.90 Å². The van der Waals surface area contributed by atoms with Gasteiger partial charge in [-0.3, -0.25) is 4.90 Å². The second kappa shape index (κ2) is 11.9. The summed E-state index contributed by atoms with van der Waals surface area (Å²) < 4.78 is 96.7. The standard InChI is InChI=1S/C29H29F6NO3/c1-37-24-8-9-26(38-2)21(14-24)16-36-11-10-27(25(17-36)20-6-4-3-5-7-20)39-18-19-12-22(28(30,31)32)15-23(13-19)29(33,34)35/h3-9,12-15,25,27H,10-11,16-18H2,1-2H3. The fourth-order valence-electron chi connectivity index (χ4n) is 4.91. The first-order valence-electron chi connectivity index (χ1n) is 12.4. The molecule has 2 atom stereocenters. The zero-order valence-corrected chi connectivity index (χ0v) is 21.5. The summed E-state index contributed by atoms with van der Waals surface area (Å²) in [7, 11) is 3.18. The van der Waals surface area contributed by atoms with Crippen molar-refractivity contribution in [2.45, 2.75) is 43.9 Å². The number of benzene rings is 3. The first-order valence-corrected chi connectivity index (χ1v) is 12.4. The second-order valence-corrected chi connectivity index (χ2v) is 9.48. The van der Waals surface area contributed by atoms with Crippen LogP contribution in [0.1, 0.15) is 40.2 Å². The molecule has 1 fully saturated rings. The van der Waals surface area contributed by atoms with Crippen molar-refractivity contribution in [3.63, 3.8) is 0 Å². The Labute approximate surface area is 223 Å². The van der Waals surface area contributed by atoms with E-state index in [0.717, 1.165) is 29.0 Å². The minimum atomic E-state index is -4.91. The van der Waals surface area contributed by atoms with Gasteiger partial charge in [0.1, 0.15) is 11.5 Å². The van der Waals surface area contributed by atoms with E-state index in [1.165, 1.54) is 0 Å². The Morgan fingerprint density at radius 2 is 1.49 bits per heavy atom. The molecular weight excluding hydrogens is 524 g/mol. The van der Waals surface area contributed by atoms with Gasteiger partial charge >= 0.3 is 12.4 Å². The highest BCUT2D eigenvalue weighted by Crippen LogP contribution is 2.37. The first-order chi connectivity index (χ1) is 18.5. The molecule has 0 radical (unpaired) electrons. The van der Waals surface area contributed by atoms with Crippen LogP contribution in [0, 0.1) is 0 Å². The molecule has 1 heterocycles. The number of methoxy groups -OCH3 is 2. The normalized spacial score (nSPS) is 18.7. The van der Waals surface area contributed by atoms with E-state index in [0.29, 0.717) is 31.8 Å². The molecule has 39 heavy (non-hydrogen) atoms. The summed E-state index contributed by atoms with van der Waals surface area (Å²) in [6.07, 6.45) is -9.68. The van der Waals surface area contributed by atoms with E-state index >= 15 is 0 Å². The van der Waals surface area contributed by atoms with Crippen LogP contribution in [0.3, 0.4) is 0 Å². The van der Waals surface area contributed by atoms with Crippen LogP contribution in [-0.2, 0) is 30.2 Å². The van der Waals surface area contributed by atoms with Crippen LogP contribution in [0.15, 0.2) is 66.7 Å². The third-order valence-corrected chi connectivity index (χ3v) is 6.85. The molecule has 0 N–H and O–H groups in total. The number of ether oxygens (including phenoxy) is 3. The Morgan fingerprint density at radius 3 is 2.08 bits per heavy atom. The van der Waals surface area contributed by atoms with Crippen LogP contribution in [0.2, 0.25) is 0 Å². The van der Waals surface area contributed by atoms with Crippen molar-refractivity contribution in [2.75, 3.05) is 27.3 Å². The van der Waals surface area contributed by atoms with E-state index in [1.807, 2.05) is 48.5 Å². The minimum absolute atomic E-state index is 0.127. The molecule has 1 saturated heterocycles. The smallest absolute Gasteiger partial charge is 0.416 e. The van der Waals surface area contributed by atoms with E-state index in [1.54, 1.807) is 14.2 Å². The number of hydrogen-bond donors (Lipinski definition) is 0. The van der Waals surface area contributed by atoms with Crippen LogP contribution in [0.4, 0.5) is 26.3 Å². The van der Waals surface area contributed by atoms with Gasteiger partial charge in [0.25, 0.3) is 0 Å². The number of piperidine rings is 1. The molecule has 1 aliphatic heterocycles. The SMILES string of the molecule is COc1ccc(OC)c(CN2CCC(OCc3cc(C(F)(F)F)cc(C(F)(F)F)c3)C(c3ccccc3)C2)c1. The monoisotopic (exact) mass is 553 g/mol. The van der Waals surface area contributed by atoms with E-state index < -0.39 is 29.6 Å². The lowest BCUT2D eigenvalue weighted by Gasteiger charge is -2.39. The van der Waals surface area contributed by atoms with Crippen LogP contribution in [0.5, 0.6) is 11.5 Å². The van der Waals surface area contributed by atoms with Crippen molar-refractivity contribution in [3.8, 4) is 11.5 Å². The van der Waals surface area contributed by atoms with Gasteiger partial charge < -0.3 is 14.2 Å². The lowest BCUT2D eigenvalue weighted by molar-refractivity contribution is -0.143. The van der Waals surface area contributed by atoms with Gasteiger partial charge in [0.05, 0.1) is 38.1 Å². The van der Waals surface area contributed by atoms with E-state index in [4.69, 9.17) is 14.2 Å². The topological polar surface area (TPSA) is 30.9 Å². The third-order valence-electron chi connectivity index (χ3n) is 6.85. The fraction of sp³-hybridized carbons (Fsp3) is 0.379. The van der Waals surface area contributed by atoms with Gasteiger partial charge in [0.2, 0.25) is 0 Å². The predicted octanol–water partition coefficient (Wildman–Crippen LogP) is 7.32. The highest BCUT2D eigenvalue weighted by molar-refractivity contribution is 5.40. The van der Waals surface area contributed by atoms with E-state index in [9.17, 15) is 26.3 Å². The quantitative estimate of drug-likeness (QED) is 0.274. The van der Waals surface area contributed by atoms with Crippen molar-refractivity contribution in [3.05, 3.63) is 94.5 Å². The van der Waals surface area contributed by atoms with Gasteiger partial charge in [-0.15, -0.1) is 0 Å². The maximum Gasteiger partial charge on any atom is 0.416 e. The molecule has 4 nitrogen and oxygen atoms in total. The number of halogens is 6. The van der Waals surface area contributed by atoms with Crippen molar-refractivity contribution < 1.29 is 40.6 Å². The van der Waals surface area contributed by atoms with E-state index in [2.05, 4.69) is 4.90 Å². The average molecular weight is 554 g/mol. The number of likely N-dealkylation sites (tertiary alicyclic amines) is 1. The number of hydrogen-bond acceptors (Lipinski definition) is 4. The number of rotatable bonds is 8. The first kappa shape index (κ1) is 28.8. The number of alkyl halides is 6. The lowest BCUT2D eigenvalue weighted by Crippen LogP contribution is -2.42. The molecule has 0 bridgehead atoms. The van der Waals surface area contributed by atoms with Crippen LogP contribution in [-0.4, -0.2) is 38.3 Å². The van der Waals surface area contributed by atoms with Gasteiger partial charge in [0.15, 0.2) is 0 Å². The zero-order chi connectivity index (χ0) is 28.2. The molecular formula is C29H29F6NO3. The molecule has 10 heteroatoms. The molecule has 3 aromatic rings. The van der Waals surface area contributed by atoms with Gasteiger partial charge in [0, 0.05) is 31.1 Å². The summed E-state index contributed by atoms with van der Waals surface area (Å²) in [6, 6.07) is 16.7. The molecule has 0 aromatic heterocycles. The highest BCUT2D eigenvalue weighted by atomic mass is 19.4. The Kier molecular flexibility index (Phi) is 8.76. The van der Waals surface area contributed by atoms with Crippen LogP contribution >= 0.6 is 0 Å². The second-order valence-electron chi connectivity index (χ2n) is 9.48. The minimum Gasteiger partial charge on any atom is -0.497 e. The van der Waals surface area contributed by atoms with E-state index in [-0.39, 0.29) is 24.2 Å². The summed E-state index contributed by atoms with van der Waals surface area (Å²) in [5.74, 6) is 1.27. The maximum atomic E-state index is 13.3. The maximum absolute atomic E-state index is 13.3. The Bertz CT molecular complexity index is 1210. The van der Waals surface area contributed by atoms with Crippen molar-refractivity contribution >= 4 is 0 Å². The highest BCUT2D eigenvalue weighted by Gasteiger charge is 2.37. The summed E-state index contributed by atoms with van der Waals surface area (Å²) in [5, 5.41) is 0. The van der Waals surface area contributed by atoms with Gasteiger partial charge in [-0.1, -0.05) is 30.3 Å². The van der Waals surface area contributed by atoms with Gasteiger partial charge in [-0.25, -0.2) is 0 Å². The molecule has 4 rings (SSSR count). The molecule has 210 valence electrons. The molecule has 0 saturated carbocycles. The Balaban J connectivity index is 1.55. The summed E-state index contributed by atoms with van der Waals surface area (Å²) >= 11 is 0. The molecule has 1 aliphatic rings. The lowest BCUT2D eigenvalue weighted by atomic mass is 9.87. The molecule has 0 spiro atoms. The average Bonchev–Trinajstić information content (AvgIpc) is 2.91. The molecule has 3 aromatic carbocycles. The van der Waals surface area contributed by atoms with Crippen molar-refractivity contribution in [1.29, 1.82) is 0 Å². The molecule has 0 aliphatic carbocycles. The van der Waals surface area contributed by atoms with Crippen LogP contribution < -0.4 is 9.47 Å². The largest absolute Gasteiger partial charge is 0.497 e. The third kappa shape index (κ3) is 7.24. The Morgan fingerprint density at radius 1 is 0.821 bits per heavy atom.